The molecule has 4 heteroatoms. The number of carbonyl (C=O) groups is 2. The van der Waals surface area contributed by atoms with Crippen LogP contribution in [0.2, 0.25) is 0 Å². The minimum absolute atomic E-state index is 0.0938. The molecule has 0 heterocycles. The second kappa shape index (κ2) is 5.51. The summed E-state index contributed by atoms with van der Waals surface area (Å²) < 4.78 is 0. The smallest absolute Gasteiger partial charge is 0.163 e. The fourth-order valence-electron chi connectivity index (χ4n) is 7.16. The summed E-state index contributed by atoms with van der Waals surface area (Å²) in [4.78, 5) is 24.2. The van der Waals surface area contributed by atoms with E-state index >= 15 is 0 Å². The van der Waals surface area contributed by atoms with Gasteiger partial charge in [0.05, 0.1) is 4.83 Å². The number of carbonyl (C=O) groups excluding carboxylic acids is 2. The summed E-state index contributed by atoms with van der Waals surface area (Å²) in [5, 5.41) is 11.4. The van der Waals surface area contributed by atoms with E-state index in [0.29, 0.717) is 30.0 Å². The maximum Gasteiger partial charge on any atom is 0.163 e. The van der Waals surface area contributed by atoms with Crippen LogP contribution in [0.3, 0.4) is 0 Å². The lowest BCUT2D eigenvalue weighted by atomic mass is 9.46. The molecule has 0 aromatic carbocycles. The van der Waals surface area contributed by atoms with Crippen LogP contribution >= 0.6 is 15.9 Å². The molecule has 4 rings (SSSR count). The molecular weight excluding hydrogens is 380 g/mol. The van der Waals surface area contributed by atoms with Gasteiger partial charge in [-0.15, -0.1) is 0 Å². The number of fused-ring (bicyclic) bond motifs is 5. The van der Waals surface area contributed by atoms with Gasteiger partial charge in [0, 0.05) is 11.8 Å². The molecule has 0 bridgehead atoms. The summed E-state index contributed by atoms with van der Waals surface area (Å²) >= 11 is 3.67. The number of hydrogen-bond acceptors (Lipinski definition) is 3. The third kappa shape index (κ3) is 2.13. The molecule has 0 amide bonds. The highest BCUT2D eigenvalue weighted by Gasteiger charge is 2.68. The Kier molecular flexibility index (Phi) is 3.95. The first-order valence-corrected chi connectivity index (χ1v) is 10.7. The molecule has 4 aliphatic rings. The molecule has 0 radical (unpaired) electrons. The molecule has 1 N–H and O–H groups in total. The lowest BCUT2D eigenvalue weighted by molar-refractivity contribution is -0.159. The van der Waals surface area contributed by atoms with Gasteiger partial charge in [0.2, 0.25) is 0 Å². The summed E-state index contributed by atoms with van der Waals surface area (Å²) in [6.07, 6.45) is 8.49. The minimum atomic E-state index is -1.25. The Morgan fingerprint density at radius 1 is 1.20 bits per heavy atom. The number of ketones is 2. The van der Waals surface area contributed by atoms with Crippen LogP contribution < -0.4 is 0 Å². The maximum absolute atomic E-state index is 12.4. The number of Topliss-reactive ketones (excluding diaryl/α,β-unsaturated/α-hetero) is 1. The average molecular weight is 409 g/mol. The van der Waals surface area contributed by atoms with Crippen LogP contribution in [0.4, 0.5) is 0 Å². The topological polar surface area (TPSA) is 54.4 Å². The molecular formula is C21H29BrO3. The molecule has 0 unspecified atom stereocenters. The van der Waals surface area contributed by atoms with Crippen LogP contribution in [0.25, 0.3) is 0 Å². The van der Waals surface area contributed by atoms with Gasteiger partial charge in [-0.2, -0.15) is 0 Å². The average Bonchev–Trinajstić information content (AvgIpc) is 2.77. The van der Waals surface area contributed by atoms with E-state index in [1.165, 1.54) is 5.57 Å². The van der Waals surface area contributed by atoms with Gasteiger partial charge in [-0.1, -0.05) is 35.4 Å². The highest BCUT2D eigenvalue weighted by Crippen LogP contribution is 2.68. The maximum atomic E-state index is 12.4. The van der Waals surface area contributed by atoms with E-state index in [4.69, 9.17) is 0 Å². The number of rotatable bonds is 1. The summed E-state index contributed by atoms with van der Waals surface area (Å²) in [5.74, 6) is 1.69. The largest absolute Gasteiger partial charge is 0.380 e. The van der Waals surface area contributed by atoms with Gasteiger partial charge in [0.15, 0.2) is 11.6 Å². The molecule has 3 saturated carbocycles. The molecule has 3 nitrogen and oxygen atoms in total. The minimum Gasteiger partial charge on any atom is -0.380 e. The third-order valence-electron chi connectivity index (χ3n) is 8.67. The zero-order chi connectivity index (χ0) is 18.2. The lowest BCUT2D eigenvalue weighted by Crippen LogP contribution is -2.59. The Labute approximate surface area is 158 Å². The zero-order valence-electron chi connectivity index (χ0n) is 15.5. The predicted octanol–water partition coefficient (Wildman–Crippen LogP) is 4.21. The van der Waals surface area contributed by atoms with Gasteiger partial charge in [-0.05, 0) is 74.7 Å². The molecule has 138 valence electrons. The molecule has 4 aliphatic carbocycles. The van der Waals surface area contributed by atoms with Crippen molar-refractivity contribution in [2.75, 3.05) is 0 Å². The van der Waals surface area contributed by atoms with Crippen LogP contribution in [0.1, 0.15) is 65.7 Å². The standard InChI is InChI=1S/C21H29BrO3/c1-12(23)21(25)18(22)11-17-15-5-4-13-10-14(24)6-8-19(13,2)16(15)7-9-20(17,21)3/h10,15-18,25H,4-9,11H2,1-3H3/t15-,16-,17+,18+,19+,20+,21-/m1/s1. The molecule has 0 aromatic rings. The lowest BCUT2D eigenvalue weighted by Gasteiger charge is -2.58. The van der Waals surface area contributed by atoms with Crippen molar-refractivity contribution in [2.24, 2.45) is 28.6 Å². The number of hydrogen-bond donors (Lipinski definition) is 1. The quantitative estimate of drug-likeness (QED) is 0.660. The first-order valence-electron chi connectivity index (χ1n) is 9.76. The molecule has 7 atom stereocenters. The van der Waals surface area contributed by atoms with Crippen molar-refractivity contribution in [2.45, 2.75) is 76.1 Å². The Morgan fingerprint density at radius 3 is 2.60 bits per heavy atom. The van der Waals surface area contributed by atoms with Crippen molar-refractivity contribution in [3.8, 4) is 0 Å². The zero-order valence-corrected chi connectivity index (χ0v) is 17.1. The van der Waals surface area contributed by atoms with E-state index in [2.05, 4.69) is 29.8 Å². The van der Waals surface area contributed by atoms with Crippen molar-refractivity contribution in [1.82, 2.24) is 0 Å². The van der Waals surface area contributed by atoms with E-state index in [0.717, 1.165) is 38.5 Å². The Bertz CT molecular complexity index is 670. The second-order valence-corrected chi connectivity index (χ2v) is 10.6. The Morgan fingerprint density at radius 2 is 1.92 bits per heavy atom. The van der Waals surface area contributed by atoms with Crippen molar-refractivity contribution in [1.29, 1.82) is 0 Å². The van der Waals surface area contributed by atoms with Crippen LogP contribution in [0, 0.1) is 28.6 Å². The van der Waals surface area contributed by atoms with Gasteiger partial charge in [0.25, 0.3) is 0 Å². The molecule has 25 heavy (non-hydrogen) atoms. The Balaban J connectivity index is 1.72. The van der Waals surface area contributed by atoms with Gasteiger partial charge in [0.1, 0.15) is 5.60 Å². The second-order valence-electron chi connectivity index (χ2n) is 9.45. The molecule has 0 aliphatic heterocycles. The number of aliphatic hydroxyl groups is 1. The highest BCUT2D eigenvalue weighted by molar-refractivity contribution is 9.09. The van der Waals surface area contributed by atoms with E-state index in [1.54, 1.807) is 6.92 Å². The van der Waals surface area contributed by atoms with Gasteiger partial charge in [-0.25, -0.2) is 0 Å². The van der Waals surface area contributed by atoms with Gasteiger partial charge in [-0.3, -0.25) is 9.59 Å². The van der Waals surface area contributed by atoms with Crippen LogP contribution in [-0.4, -0.2) is 27.1 Å². The van der Waals surface area contributed by atoms with E-state index in [9.17, 15) is 14.7 Å². The van der Waals surface area contributed by atoms with Crippen LogP contribution in [-0.2, 0) is 9.59 Å². The molecule has 0 saturated heterocycles. The molecule has 0 aromatic heterocycles. The SMILES string of the molecule is CC(=O)[C@@]1(O)[C@@H](Br)C[C@H]2[C@@H]3CCC4=CC(=O)CC[C@]4(C)[C@@H]3CC[C@@]21C. The fraction of sp³-hybridized carbons (Fsp3) is 0.810. The van der Waals surface area contributed by atoms with Crippen molar-refractivity contribution in [3.05, 3.63) is 11.6 Å². The molecule has 0 spiro atoms. The predicted molar refractivity (Wildman–Crippen MR) is 100 cm³/mol. The number of allylic oxidation sites excluding steroid dienone is 1. The summed E-state index contributed by atoms with van der Waals surface area (Å²) in [6.45, 7) is 6.06. The number of halogens is 1. The first kappa shape index (κ1) is 17.9. The van der Waals surface area contributed by atoms with Crippen LogP contribution in [0.5, 0.6) is 0 Å². The Hall–Kier alpha value is -0.480. The van der Waals surface area contributed by atoms with E-state index in [1.807, 2.05) is 6.08 Å². The summed E-state index contributed by atoms with van der Waals surface area (Å²) in [7, 11) is 0. The van der Waals surface area contributed by atoms with Crippen molar-refractivity contribution >= 4 is 27.5 Å². The monoisotopic (exact) mass is 408 g/mol. The van der Waals surface area contributed by atoms with Gasteiger partial charge >= 0.3 is 0 Å². The highest BCUT2D eigenvalue weighted by atomic mass is 79.9. The summed E-state index contributed by atoms with van der Waals surface area (Å²) in [6, 6.07) is 0. The van der Waals surface area contributed by atoms with E-state index in [-0.39, 0.29) is 21.4 Å². The summed E-state index contributed by atoms with van der Waals surface area (Å²) in [5.41, 5.74) is -0.0844. The van der Waals surface area contributed by atoms with Gasteiger partial charge < -0.3 is 5.11 Å². The van der Waals surface area contributed by atoms with Crippen molar-refractivity contribution in [3.63, 3.8) is 0 Å². The molecule has 3 fully saturated rings. The first-order chi connectivity index (χ1) is 11.6. The third-order valence-corrected chi connectivity index (χ3v) is 9.71. The van der Waals surface area contributed by atoms with Crippen LogP contribution in [0.15, 0.2) is 11.6 Å². The normalized spacial score (nSPS) is 52.0. The van der Waals surface area contributed by atoms with E-state index < -0.39 is 5.60 Å². The fourth-order valence-corrected chi connectivity index (χ4v) is 8.41. The number of alkyl halides is 1. The van der Waals surface area contributed by atoms with Crippen molar-refractivity contribution < 1.29 is 14.7 Å².